The van der Waals surface area contributed by atoms with E-state index in [0.717, 1.165) is 11.3 Å². The van der Waals surface area contributed by atoms with Crippen LogP contribution in [0.4, 0.5) is 5.82 Å². The second kappa shape index (κ2) is 10.5. The van der Waals surface area contributed by atoms with Gasteiger partial charge in [0.15, 0.2) is 5.65 Å². The SMILES string of the molecule is CCN(CC)S(=O)(=O)c1ccc(C(=O)Nc2cc(C)nn2-c2nc3c(cnn3-c3cccc(C)c3)c(=O)[nH]2)cc1. The van der Waals surface area contributed by atoms with E-state index in [9.17, 15) is 18.0 Å². The van der Waals surface area contributed by atoms with Gasteiger partial charge in [-0.2, -0.15) is 24.2 Å². The molecular formula is C27H28N8O4S. The van der Waals surface area contributed by atoms with E-state index in [-0.39, 0.29) is 22.2 Å². The number of fused-ring (bicyclic) bond motifs is 1. The molecule has 3 aromatic heterocycles. The van der Waals surface area contributed by atoms with Gasteiger partial charge in [-0.05, 0) is 55.8 Å². The van der Waals surface area contributed by atoms with Crippen LogP contribution < -0.4 is 10.9 Å². The fraction of sp³-hybridized carbons (Fsp3) is 0.222. The minimum absolute atomic E-state index is 0.0935. The third-order valence-corrected chi connectivity index (χ3v) is 8.47. The topological polar surface area (TPSA) is 148 Å². The molecule has 0 radical (unpaired) electrons. The maximum Gasteiger partial charge on any atom is 0.263 e. The summed E-state index contributed by atoms with van der Waals surface area (Å²) in [6.07, 6.45) is 1.45. The first-order valence-electron chi connectivity index (χ1n) is 12.7. The molecule has 0 atom stereocenters. The zero-order valence-corrected chi connectivity index (χ0v) is 23.2. The average Bonchev–Trinajstić information content (AvgIpc) is 3.52. The number of H-pyrrole nitrogens is 1. The highest BCUT2D eigenvalue weighted by atomic mass is 32.2. The van der Waals surface area contributed by atoms with Crippen molar-refractivity contribution in [2.75, 3.05) is 18.4 Å². The lowest BCUT2D eigenvalue weighted by atomic mass is 10.2. The highest BCUT2D eigenvalue weighted by Gasteiger charge is 2.22. The summed E-state index contributed by atoms with van der Waals surface area (Å²) in [4.78, 5) is 33.5. The molecule has 0 saturated carbocycles. The average molecular weight is 561 g/mol. The van der Waals surface area contributed by atoms with Crippen molar-refractivity contribution < 1.29 is 13.2 Å². The number of nitrogens with one attached hydrogen (secondary N) is 2. The molecule has 0 aliphatic heterocycles. The van der Waals surface area contributed by atoms with E-state index in [1.54, 1.807) is 31.5 Å². The van der Waals surface area contributed by atoms with Gasteiger partial charge in [-0.25, -0.2) is 13.1 Å². The number of hydrogen-bond donors (Lipinski definition) is 2. The normalized spacial score (nSPS) is 11.8. The van der Waals surface area contributed by atoms with Crippen LogP contribution in [0, 0.1) is 13.8 Å². The molecule has 0 saturated heterocycles. The molecule has 0 bridgehead atoms. The minimum atomic E-state index is -3.65. The van der Waals surface area contributed by atoms with Crippen LogP contribution in [0.1, 0.15) is 35.5 Å². The third kappa shape index (κ3) is 4.92. The fourth-order valence-electron chi connectivity index (χ4n) is 4.39. The molecule has 12 nitrogen and oxygen atoms in total. The second-order valence-corrected chi connectivity index (χ2v) is 11.1. The Morgan fingerprint density at radius 2 is 1.75 bits per heavy atom. The summed E-state index contributed by atoms with van der Waals surface area (Å²) >= 11 is 0. The lowest BCUT2D eigenvalue weighted by molar-refractivity contribution is 0.102. The number of aromatic amines is 1. The molecule has 2 aromatic carbocycles. The number of carbonyl (C=O) groups excluding carboxylic acids is 1. The zero-order valence-electron chi connectivity index (χ0n) is 22.4. The lowest BCUT2D eigenvalue weighted by Crippen LogP contribution is -2.30. The van der Waals surface area contributed by atoms with Crippen LogP contribution in [0.2, 0.25) is 0 Å². The summed E-state index contributed by atoms with van der Waals surface area (Å²) in [5.41, 5.74) is 2.52. The molecule has 5 aromatic rings. The van der Waals surface area contributed by atoms with E-state index in [1.165, 1.54) is 39.4 Å². The van der Waals surface area contributed by atoms with Crippen molar-refractivity contribution in [1.29, 1.82) is 0 Å². The fourth-order valence-corrected chi connectivity index (χ4v) is 5.84. The number of anilines is 1. The van der Waals surface area contributed by atoms with E-state index in [0.29, 0.717) is 29.8 Å². The monoisotopic (exact) mass is 560 g/mol. The molecule has 0 aliphatic rings. The van der Waals surface area contributed by atoms with Crippen LogP contribution in [0.25, 0.3) is 22.7 Å². The summed E-state index contributed by atoms with van der Waals surface area (Å²) in [7, 11) is -3.65. The summed E-state index contributed by atoms with van der Waals surface area (Å²) in [6.45, 7) is 7.93. The van der Waals surface area contributed by atoms with E-state index in [4.69, 9.17) is 0 Å². The van der Waals surface area contributed by atoms with Gasteiger partial charge in [0.05, 0.1) is 22.5 Å². The number of amides is 1. The van der Waals surface area contributed by atoms with Crippen molar-refractivity contribution in [3.63, 3.8) is 0 Å². The molecule has 0 fully saturated rings. The first-order valence-corrected chi connectivity index (χ1v) is 14.1. The van der Waals surface area contributed by atoms with Gasteiger partial charge in [-0.3, -0.25) is 14.6 Å². The van der Waals surface area contributed by atoms with Crippen molar-refractivity contribution in [2.24, 2.45) is 0 Å². The van der Waals surface area contributed by atoms with E-state index in [2.05, 4.69) is 25.5 Å². The number of sulfonamides is 1. The number of hydrogen-bond acceptors (Lipinski definition) is 7. The Kier molecular flexibility index (Phi) is 7.08. The van der Waals surface area contributed by atoms with Gasteiger partial charge in [0, 0.05) is 24.7 Å². The van der Waals surface area contributed by atoms with Gasteiger partial charge in [0.1, 0.15) is 11.2 Å². The molecule has 206 valence electrons. The van der Waals surface area contributed by atoms with Gasteiger partial charge in [-0.15, -0.1) is 0 Å². The highest BCUT2D eigenvalue weighted by Crippen LogP contribution is 2.20. The zero-order chi connectivity index (χ0) is 28.6. The Labute approximate surface area is 230 Å². The van der Waals surface area contributed by atoms with Crippen LogP contribution in [-0.2, 0) is 10.0 Å². The molecule has 5 rings (SSSR count). The summed E-state index contributed by atoms with van der Waals surface area (Å²) in [6, 6.07) is 15.0. The van der Waals surface area contributed by atoms with Crippen molar-refractivity contribution in [3.8, 4) is 11.6 Å². The third-order valence-electron chi connectivity index (χ3n) is 6.41. The van der Waals surface area contributed by atoms with Crippen molar-refractivity contribution in [1.82, 2.24) is 33.8 Å². The number of aryl methyl sites for hydroxylation is 2. The molecule has 0 unspecified atom stereocenters. The summed E-state index contributed by atoms with van der Waals surface area (Å²) < 4.78 is 29.8. The van der Waals surface area contributed by atoms with Crippen molar-refractivity contribution in [3.05, 3.63) is 88.0 Å². The summed E-state index contributed by atoms with van der Waals surface area (Å²) in [5.74, 6) is -0.122. The molecule has 40 heavy (non-hydrogen) atoms. The van der Waals surface area contributed by atoms with E-state index >= 15 is 0 Å². The first kappa shape index (κ1) is 27.0. The molecule has 1 amide bonds. The number of carbonyl (C=O) groups is 1. The Morgan fingerprint density at radius 1 is 1.02 bits per heavy atom. The highest BCUT2D eigenvalue weighted by molar-refractivity contribution is 7.89. The number of rotatable bonds is 8. The minimum Gasteiger partial charge on any atom is -0.306 e. The maximum atomic E-state index is 13.1. The Hall–Kier alpha value is -4.62. The molecule has 0 aliphatic carbocycles. The van der Waals surface area contributed by atoms with Crippen LogP contribution in [0.15, 0.2) is 70.5 Å². The van der Waals surface area contributed by atoms with Gasteiger partial charge in [-0.1, -0.05) is 26.0 Å². The van der Waals surface area contributed by atoms with Gasteiger partial charge < -0.3 is 5.32 Å². The van der Waals surface area contributed by atoms with E-state index < -0.39 is 21.5 Å². The second-order valence-electron chi connectivity index (χ2n) is 9.17. The molecule has 3 heterocycles. The van der Waals surface area contributed by atoms with Crippen LogP contribution in [0.3, 0.4) is 0 Å². The standard InChI is InChI=1S/C27H28N8O4S/c1-5-33(6-2)40(38,39)21-12-10-19(11-13-21)25(36)29-23-15-18(4)32-35(23)27-30-24-22(26(37)31-27)16-28-34(24)20-9-7-8-17(3)14-20/h7-16H,5-6H2,1-4H3,(H,29,36)(H,30,31,37). The summed E-state index contributed by atoms with van der Waals surface area (Å²) in [5, 5.41) is 11.9. The smallest absolute Gasteiger partial charge is 0.263 e. The van der Waals surface area contributed by atoms with Crippen molar-refractivity contribution >= 4 is 32.8 Å². The van der Waals surface area contributed by atoms with Gasteiger partial charge in [0.2, 0.25) is 16.0 Å². The Balaban J connectivity index is 1.47. The maximum absolute atomic E-state index is 13.1. The van der Waals surface area contributed by atoms with Crippen LogP contribution in [0.5, 0.6) is 0 Å². The van der Waals surface area contributed by atoms with E-state index in [1.807, 2.05) is 31.2 Å². The molecule has 0 spiro atoms. The molecular weight excluding hydrogens is 532 g/mol. The van der Waals surface area contributed by atoms with Crippen LogP contribution >= 0.6 is 0 Å². The molecule has 13 heteroatoms. The van der Waals surface area contributed by atoms with Crippen LogP contribution in [-0.4, -0.2) is 61.2 Å². The van der Waals surface area contributed by atoms with Gasteiger partial charge >= 0.3 is 0 Å². The largest absolute Gasteiger partial charge is 0.306 e. The quantitative estimate of drug-likeness (QED) is 0.296. The van der Waals surface area contributed by atoms with Crippen molar-refractivity contribution in [2.45, 2.75) is 32.6 Å². The Bertz CT molecular complexity index is 1880. The number of nitrogens with zero attached hydrogens (tertiary/aromatic N) is 6. The number of aromatic nitrogens is 6. The predicted octanol–water partition coefficient (Wildman–Crippen LogP) is 3.19. The van der Waals surface area contributed by atoms with Gasteiger partial charge in [0.25, 0.3) is 11.5 Å². The first-order chi connectivity index (χ1) is 19.1. The lowest BCUT2D eigenvalue weighted by Gasteiger charge is -2.18. The molecule has 2 N–H and O–H groups in total. The predicted molar refractivity (Wildman–Crippen MR) is 151 cm³/mol. The Morgan fingerprint density at radius 3 is 2.42 bits per heavy atom. The number of benzene rings is 2.